The molecule has 0 bridgehead atoms. The van der Waals surface area contributed by atoms with E-state index in [4.69, 9.17) is 5.73 Å². The lowest BCUT2D eigenvalue weighted by atomic mass is 10.3. The number of nitrogens with zero attached hydrogens (tertiary/aromatic N) is 3. The van der Waals surface area contributed by atoms with Gasteiger partial charge < -0.3 is 10.6 Å². The van der Waals surface area contributed by atoms with Crippen molar-refractivity contribution < 1.29 is 0 Å². The molecule has 2 heterocycles. The molecule has 2 aromatic heterocycles. The normalized spacial score (nSPS) is 12.4. The molecule has 2 N–H and O–H groups in total. The molecule has 0 radical (unpaired) electrons. The van der Waals surface area contributed by atoms with E-state index in [-0.39, 0.29) is 6.04 Å². The minimum absolute atomic E-state index is 0.00760. The summed E-state index contributed by atoms with van der Waals surface area (Å²) in [6.45, 7) is 2.75. The van der Waals surface area contributed by atoms with Gasteiger partial charge in [-0.25, -0.2) is 4.98 Å². The van der Waals surface area contributed by atoms with Gasteiger partial charge in [0.25, 0.3) is 0 Å². The van der Waals surface area contributed by atoms with Crippen LogP contribution in [0.15, 0.2) is 29.9 Å². The molecule has 0 saturated carbocycles. The summed E-state index contributed by atoms with van der Waals surface area (Å²) >= 11 is 1.62. The third-order valence-electron chi connectivity index (χ3n) is 2.45. The maximum absolute atomic E-state index is 5.80. The van der Waals surface area contributed by atoms with Crippen LogP contribution in [0.4, 0.5) is 5.13 Å². The Bertz CT molecular complexity index is 466. The van der Waals surface area contributed by atoms with E-state index in [9.17, 15) is 0 Å². The van der Waals surface area contributed by atoms with Crippen molar-refractivity contribution in [3.8, 4) is 0 Å². The topological polar surface area (TPSA) is 55.0 Å². The fraction of sp³-hybridized carbons (Fsp3) is 0.333. The lowest BCUT2D eigenvalue weighted by Gasteiger charge is -2.15. The third-order valence-corrected chi connectivity index (χ3v) is 3.42. The molecule has 0 spiro atoms. The molecule has 0 saturated heterocycles. The largest absolute Gasteiger partial charge is 0.347 e. The number of rotatable bonds is 4. The van der Waals surface area contributed by atoms with Crippen LogP contribution in [0.3, 0.4) is 0 Å². The number of hydrogen-bond acceptors (Lipinski definition) is 5. The van der Waals surface area contributed by atoms with E-state index in [1.165, 1.54) is 5.56 Å². The first-order valence-corrected chi connectivity index (χ1v) is 6.36. The van der Waals surface area contributed by atoms with Gasteiger partial charge >= 0.3 is 0 Å². The zero-order chi connectivity index (χ0) is 12.3. The van der Waals surface area contributed by atoms with E-state index < -0.39 is 0 Å². The first kappa shape index (κ1) is 12.0. The lowest BCUT2D eigenvalue weighted by molar-refractivity contribution is 0.783. The molecule has 5 heteroatoms. The molecule has 1 atom stereocenters. The summed E-state index contributed by atoms with van der Waals surface area (Å²) < 4.78 is 0. The van der Waals surface area contributed by atoms with Crippen LogP contribution in [0, 0.1) is 0 Å². The molecule has 0 aromatic carbocycles. The first-order chi connectivity index (χ1) is 8.16. The van der Waals surface area contributed by atoms with Crippen molar-refractivity contribution in [2.75, 3.05) is 11.9 Å². The van der Waals surface area contributed by atoms with Crippen molar-refractivity contribution in [1.29, 1.82) is 0 Å². The molecule has 17 heavy (non-hydrogen) atoms. The number of nitrogens with two attached hydrogens (primary N) is 1. The lowest BCUT2D eigenvalue weighted by Crippen LogP contribution is -2.16. The van der Waals surface area contributed by atoms with E-state index in [0.29, 0.717) is 0 Å². The molecule has 1 unspecified atom stereocenters. The van der Waals surface area contributed by atoms with Crippen molar-refractivity contribution in [3.63, 3.8) is 0 Å². The molecule has 90 valence electrons. The highest BCUT2D eigenvalue weighted by molar-refractivity contribution is 7.13. The monoisotopic (exact) mass is 248 g/mol. The molecule has 0 aliphatic rings. The zero-order valence-corrected chi connectivity index (χ0v) is 10.8. The van der Waals surface area contributed by atoms with Crippen LogP contribution in [0.25, 0.3) is 0 Å². The molecular weight excluding hydrogens is 232 g/mol. The van der Waals surface area contributed by atoms with Gasteiger partial charge in [-0.05, 0) is 18.6 Å². The standard InChI is InChI=1S/C12H16N4S/c1-9(13)11-8-17-12(15-11)16(2)7-10-4-3-5-14-6-10/h3-6,8-9H,7,13H2,1-2H3. The summed E-state index contributed by atoms with van der Waals surface area (Å²) in [5.74, 6) is 0. The van der Waals surface area contributed by atoms with Crippen LogP contribution < -0.4 is 10.6 Å². The highest BCUT2D eigenvalue weighted by atomic mass is 32.1. The Labute approximate surface area is 105 Å². The van der Waals surface area contributed by atoms with Crippen molar-refractivity contribution in [1.82, 2.24) is 9.97 Å². The minimum Gasteiger partial charge on any atom is -0.347 e. The average Bonchev–Trinajstić information content (AvgIpc) is 2.79. The molecule has 0 aliphatic heterocycles. The fourth-order valence-corrected chi connectivity index (χ4v) is 2.39. The van der Waals surface area contributed by atoms with Gasteiger partial charge in [0.2, 0.25) is 0 Å². The molecule has 0 amide bonds. The van der Waals surface area contributed by atoms with Crippen LogP contribution >= 0.6 is 11.3 Å². The van der Waals surface area contributed by atoms with E-state index in [2.05, 4.69) is 20.9 Å². The van der Waals surface area contributed by atoms with Gasteiger partial charge in [-0.3, -0.25) is 4.98 Å². The third kappa shape index (κ3) is 3.01. The van der Waals surface area contributed by atoms with Crippen LogP contribution in [0.2, 0.25) is 0 Å². The second kappa shape index (κ2) is 5.25. The van der Waals surface area contributed by atoms with E-state index in [1.807, 2.05) is 31.6 Å². The number of aromatic nitrogens is 2. The quantitative estimate of drug-likeness (QED) is 0.901. The number of anilines is 1. The fourth-order valence-electron chi connectivity index (χ4n) is 1.49. The van der Waals surface area contributed by atoms with E-state index in [1.54, 1.807) is 17.5 Å². The van der Waals surface area contributed by atoms with Gasteiger partial charge in [-0.1, -0.05) is 6.07 Å². The zero-order valence-electron chi connectivity index (χ0n) is 10.00. The molecule has 2 rings (SSSR count). The maximum atomic E-state index is 5.80. The van der Waals surface area contributed by atoms with Crippen LogP contribution in [-0.4, -0.2) is 17.0 Å². The number of hydrogen-bond donors (Lipinski definition) is 1. The Balaban J connectivity index is 2.07. The van der Waals surface area contributed by atoms with Crippen molar-refractivity contribution in [2.45, 2.75) is 19.5 Å². The van der Waals surface area contributed by atoms with Gasteiger partial charge in [0.1, 0.15) is 0 Å². The van der Waals surface area contributed by atoms with Crippen LogP contribution in [0.1, 0.15) is 24.2 Å². The Morgan fingerprint density at radius 2 is 2.35 bits per heavy atom. The van der Waals surface area contributed by atoms with Crippen molar-refractivity contribution in [2.24, 2.45) is 5.73 Å². The highest BCUT2D eigenvalue weighted by Gasteiger charge is 2.09. The van der Waals surface area contributed by atoms with E-state index in [0.717, 1.165) is 17.4 Å². The summed E-state index contributed by atoms with van der Waals surface area (Å²) in [6, 6.07) is 3.99. The average molecular weight is 248 g/mol. The Hall–Kier alpha value is -1.46. The summed E-state index contributed by atoms with van der Waals surface area (Å²) in [5.41, 5.74) is 7.92. The second-order valence-electron chi connectivity index (χ2n) is 4.06. The summed E-state index contributed by atoms with van der Waals surface area (Å²) in [5, 5.41) is 3.00. The van der Waals surface area contributed by atoms with Gasteiger partial charge in [0.05, 0.1) is 5.69 Å². The first-order valence-electron chi connectivity index (χ1n) is 5.48. The Morgan fingerprint density at radius 3 is 2.94 bits per heavy atom. The molecule has 4 nitrogen and oxygen atoms in total. The van der Waals surface area contributed by atoms with Gasteiger partial charge in [-0.2, -0.15) is 0 Å². The Morgan fingerprint density at radius 1 is 1.53 bits per heavy atom. The van der Waals surface area contributed by atoms with Gasteiger partial charge in [-0.15, -0.1) is 11.3 Å². The minimum atomic E-state index is -0.00760. The number of pyridine rings is 1. The van der Waals surface area contributed by atoms with Crippen molar-refractivity contribution in [3.05, 3.63) is 41.2 Å². The van der Waals surface area contributed by atoms with Gasteiger partial charge in [0.15, 0.2) is 5.13 Å². The second-order valence-corrected chi connectivity index (χ2v) is 4.90. The van der Waals surface area contributed by atoms with E-state index >= 15 is 0 Å². The smallest absolute Gasteiger partial charge is 0.185 e. The van der Waals surface area contributed by atoms with Crippen LogP contribution in [0.5, 0.6) is 0 Å². The number of thiazole rings is 1. The molecule has 2 aromatic rings. The maximum Gasteiger partial charge on any atom is 0.185 e. The molecule has 0 fully saturated rings. The SMILES string of the molecule is CC(N)c1csc(N(C)Cc2cccnc2)n1. The predicted octanol–water partition coefficient (Wildman–Crippen LogP) is 2.19. The highest BCUT2D eigenvalue weighted by Crippen LogP contribution is 2.23. The van der Waals surface area contributed by atoms with Crippen molar-refractivity contribution >= 4 is 16.5 Å². The summed E-state index contributed by atoms with van der Waals surface area (Å²) in [7, 11) is 2.02. The Kier molecular flexibility index (Phi) is 3.71. The van der Waals surface area contributed by atoms with Gasteiger partial charge in [0, 0.05) is 37.4 Å². The summed E-state index contributed by atoms with van der Waals surface area (Å²) in [6.07, 6.45) is 3.65. The molecule has 0 aliphatic carbocycles. The summed E-state index contributed by atoms with van der Waals surface area (Å²) in [4.78, 5) is 10.7. The molecular formula is C12H16N4S. The van der Waals surface area contributed by atoms with Crippen LogP contribution in [-0.2, 0) is 6.54 Å². The predicted molar refractivity (Wildman–Crippen MR) is 71.1 cm³/mol.